The summed E-state index contributed by atoms with van der Waals surface area (Å²) in [6.45, 7) is 6.27. The maximum absolute atomic E-state index is 11.4. The van der Waals surface area contributed by atoms with Gasteiger partial charge in [0.15, 0.2) is 0 Å². The van der Waals surface area contributed by atoms with Crippen LogP contribution in [0.25, 0.3) is 0 Å². The monoisotopic (exact) mass is 272 g/mol. The van der Waals surface area contributed by atoms with Crippen molar-refractivity contribution in [2.24, 2.45) is 5.41 Å². The van der Waals surface area contributed by atoms with Crippen LogP contribution >= 0.6 is 0 Å². The third kappa shape index (κ3) is 6.80. The zero-order valence-electron chi connectivity index (χ0n) is 12.8. The molecule has 0 bridgehead atoms. The topological polar surface area (TPSA) is 32.3 Å². The Kier molecular flexibility index (Phi) is 9.81. The van der Waals surface area contributed by atoms with Gasteiger partial charge in [-0.2, -0.15) is 0 Å². The number of hydrogen-bond donors (Lipinski definition) is 0. The Morgan fingerprint density at radius 1 is 1.16 bits per heavy atom. The van der Waals surface area contributed by atoms with Crippen molar-refractivity contribution in [3.63, 3.8) is 0 Å². The molecule has 1 aromatic rings. The molecule has 0 radical (unpaired) electrons. The number of rotatable bonds is 8. The standard InChI is InChI=1S/C16H25O2.Na/c1-4-5-9-12-16(2,3)15(13-17)18-14-10-7-6-8-11-14;/h6-8,10-11,15H,4-5,9,12-13H2,1-3H3;/q-1;+1. The van der Waals surface area contributed by atoms with Crippen LogP contribution in [0.1, 0.15) is 46.5 Å². The third-order valence-electron chi connectivity index (χ3n) is 3.47. The molecule has 0 fully saturated rings. The van der Waals surface area contributed by atoms with Gasteiger partial charge >= 0.3 is 29.6 Å². The van der Waals surface area contributed by atoms with Crippen molar-refractivity contribution in [3.8, 4) is 5.75 Å². The Morgan fingerprint density at radius 3 is 2.32 bits per heavy atom. The van der Waals surface area contributed by atoms with E-state index in [1.54, 1.807) is 0 Å². The average molecular weight is 272 g/mol. The fourth-order valence-corrected chi connectivity index (χ4v) is 2.07. The molecule has 1 aromatic carbocycles. The van der Waals surface area contributed by atoms with Crippen LogP contribution in [0.5, 0.6) is 5.75 Å². The van der Waals surface area contributed by atoms with Crippen LogP contribution in [0.4, 0.5) is 0 Å². The van der Waals surface area contributed by atoms with Gasteiger partial charge in [-0.15, -0.1) is 6.61 Å². The predicted octanol–water partition coefficient (Wildman–Crippen LogP) is 0.405. The van der Waals surface area contributed by atoms with Gasteiger partial charge in [0.05, 0.1) is 6.10 Å². The van der Waals surface area contributed by atoms with Gasteiger partial charge in [0.1, 0.15) is 5.75 Å². The van der Waals surface area contributed by atoms with Crippen LogP contribution in [-0.4, -0.2) is 12.7 Å². The van der Waals surface area contributed by atoms with Crippen LogP contribution < -0.4 is 39.4 Å². The van der Waals surface area contributed by atoms with Crippen LogP contribution in [0.2, 0.25) is 0 Å². The maximum Gasteiger partial charge on any atom is 1.00 e. The summed E-state index contributed by atoms with van der Waals surface area (Å²) in [6, 6.07) is 9.63. The molecule has 19 heavy (non-hydrogen) atoms. The molecule has 0 aliphatic rings. The first-order chi connectivity index (χ1) is 8.60. The normalized spacial score (nSPS) is 12.6. The molecular formula is C16H25NaO2. The molecule has 2 nitrogen and oxygen atoms in total. The van der Waals surface area contributed by atoms with E-state index in [-0.39, 0.29) is 47.7 Å². The van der Waals surface area contributed by atoms with Gasteiger partial charge in [-0.25, -0.2) is 0 Å². The molecule has 0 aliphatic heterocycles. The Labute approximate surface area is 139 Å². The molecule has 0 spiro atoms. The summed E-state index contributed by atoms with van der Waals surface area (Å²) in [7, 11) is 0. The predicted molar refractivity (Wildman–Crippen MR) is 73.6 cm³/mol. The van der Waals surface area contributed by atoms with E-state index >= 15 is 0 Å². The second kappa shape index (κ2) is 9.82. The summed E-state index contributed by atoms with van der Waals surface area (Å²) >= 11 is 0. The van der Waals surface area contributed by atoms with Crippen molar-refractivity contribution in [2.75, 3.05) is 6.61 Å². The average Bonchev–Trinajstić information content (AvgIpc) is 2.37. The van der Waals surface area contributed by atoms with E-state index in [9.17, 15) is 5.11 Å². The largest absolute Gasteiger partial charge is 1.00 e. The van der Waals surface area contributed by atoms with Crippen LogP contribution in [-0.2, 0) is 0 Å². The molecule has 0 N–H and O–H groups in total. The van der Waals surface area contributed by atoms with E-state index < -0.39 is 0 Å². The van der Waals surface area contributed by atoms with Crippen molar-refractivity contribution in [1.29, 1.82) is 0 Å². The van der Waals surface area contributed by atoms with Crippen molar-refractivity contribution < 1.29 is 39.4 Å². The summed E-state index contributed by atoms with van der Waals surface area (Å²) in [4.78, 5) is 0. The Hall–Kier alpha value is -0.0200. The molecule has 1 rings (SSSR count). The molecule has 0 saturated heterocycles. The minimum absolute atomic E-state index is 0. The first-order valence-corrected chi connectivity index (χ1v) is 6.90. The third-order valence-corrected chi connectivity index (χ3v) is 3.47. The number of benzene rings is 1. The molecule has 0 amide bonds. The second-order valence-corrected chi connectivity index (χ2v) is 5.53. The number of ether oxygens (including phenoxy) is 1. The summed E-state index contributed by atoms with van der Waals surface area (Å²) in [5.41, 5.74) is -0.0627. The first kappa shape index (κ1) is 19.0. The van der Waals surface area contributed by atoms with Crippen LogP contribution in [0, 0.1) is 5.41 Å². The van der Waals surface area contributed by atoms with E-state index in [4.69, 9.17) is 4.74 Å². The van der Waals surface area contributed by atoms with Crippen molar-refractivity contribution >= 4 is 0 Å². The van der Waals surface area contributed by atoms with Gasteiger partial charge in [-0.1, -0.05) is 58.2 Å². The fourth-order valence-electron chi connectivity index (χ4n) is 2.07. The van der Waals surface area contributed by atoms with Gasteiger partial charge in [0.2, 0.25) is 0 Å². The number of unbranched alkanes of at least 4 members (excludes halogenated alkanes) is 2. The van der Waals surface area contributed by atoms with E-state index in [0.29, 0.717) is 0 Å². The Bertz CT molecular complexity index is 325. The number of hydrogen-bond acceptors (Lipinski definition) is 2. The summed E-state index contributed by atoms with van der Waals surface area (Å²) < 4.78 is 5.85. The summed E-state index contributed by atoms with van der Waals surface area (Å²) in [5, 5.41) is 11.4. The van der Waals surface area contributed by atoms with E-state index in [1.807, 2.05) is 30.3 Å². The van der Waals surface area contributed by atoms with Crippen molar-refractivity contribution in [2.45, 2.75) is 52.6 Å². The minimum atomic E-state index is -0.253. The molecule has 0 aliphatic carbocycles. The van der Waals surface area contributed by atoms with Gasteiger partial charge in [-0.3, -0.25) is 0 Å². The first-order valence-electron chi connectivity index (χ1n) is 6.90. The summed E-state index contributed by atoms with van der Waals surface area (Å²) in [6.07, 6.45) is 4.38. The second-order valence-electron chi connectivity index (χ2n) is 5.53. The Balaban J connectivity index is 0.00000324. The molecular weight excluding hydrogens is 247 g/mol. The molecule has 0 aromatic heterocycles. The Morgan fingerprint density at radius 2 is 1.79 bits per heavy atom. The van der Waals surface area contributed by atoms with Crippen LogP contribution in [0.3, 0.4) is 0 Å². The van der Waals surface area contributed by atoms with Gasteiger partial charge < -0.3 is 9.84 Å². The van der Waals surface area contributed by atoms with Gasteiger partial charge in [0, 0.05) is 5.41 Å². The van der Waals surface area contributed by atoms with Crippen LogP contribution in [0.15, 0.2) is 30.3 Å². The quantitative estimate of drug-likeness (QED) is 0.507. The minimum Gasteiger partial charge on any atom is -0.852 e. The summed E-state index contributed by atoms with van der Waals surface area (Å²) in [5.74, 6) is 0.793. The zero-order chi connectivity index (χ0) is 13.4. The van der Waals surface area contributed by atoms with Gasteiger partial charge in [-0.05, 0) is 18.6 Å². The van der Waals surface area contributed by atoms with E-state index in [1.165, 1.54) is 12.8 Å². The van der Waals surface area contributed by atoms with Gasteiger partial charge in [0.25, 0.3) is 0 Å². The molecule has 102 valence electrons. The van der Waals surface area contributed by atoms with E-state index in [2.05, 4.69) is 20.8 Å². The van der Waals surface area contributed by atoms with E-state index in [0.717, 1.165) is 18.6 Å². The molecule has 0 heterocycles. The number of para-hydroxylation sites is 1. The van der Waals surface area contributed by atoms with Crippen molar-refractivity contribution in [1.82, 2.24) is 0 Å². The maximum atomic E-state index is 11.4. The molecule has 1 unspecified atom stereocenters. The zero-order valence-corrected chi connectivity index (χ0v) is 14.8. The molecule has 0 saturated carbocycles. The molecule has 1 atom stereocenters. The smallest absolute Gasteiger partial charge is 0.852 e. The van der Waals surface area contributed by atoms with Crippen molar-refractivity contribution in [3.05, 3.63) is 30.3 Å². The molecule has 3 heteroatoms. The fraction of sp³-hybridized carbons (Fsp3) is 0.625. The SMILES string of the molecule is CCCCCC(C)(C)C(C[O-])Oc1ccccc1.[Na+].